The third-order valence-corrected chi connectivity index (χ3v) is 2.92. The van der Waals surface area contributed by atoms with E-state index in [-0.39, 0.29) is 16.9 Å². The molecule has 96 valence electrons. The van der Waals surface area contributed by atoms with E-state index in [4.69, 9.17) is 10.5 Å². The molecule has 0 aliphatic heterocycles. The van der Waals surface area contributed by atoms with Gasteiger partial charge < -0.3 is 10.5 Å². The average Bonchev–Trinajstić information content (AvgIpc) is 3.13. The molecule has 1 fully saturated rings. The summed E-state index contributed by atoms with van der Waals surface area (Å²) in [6, 6.07) is 3.92. The van der Waals surface area contributed by atoms with E-state index in [0.29, 0.717) is 12.5 Å². The Morgan fingerprint density at radius 3 is 2.83 bits per heavy atom. The number of nitrogen functional groups attached to an aromatic ring is 1. The lowest BCUT2D eigenvalue weighted by Crippen LogP contribution is -2.08. The summed E-state index contributed by atoms with van der Waals surface area (Å²) in [4.78, 5) is 21.7. The van der Waals surface area contributed by atoms with Gasteiger partial charge in [-0.05, 0) is 24.5 Å². The Morgan fingerprint density at radius 1 is 1.50 bits per heavy atom. The zero-order valence-electron chi connectivity index (χ0n) is 9.80. The largest absolute Gasteiger partial charge is 0.462 e. The Labute approximate surface area is 104 Å². The molecule has 1 aliphatic rings. The first-order valence-electron chi connectivity index (χ1n) is 5.79. The van der Waals surface area contributed by atoms with Gasteiger partial charge in [-0.25, -0.2) is 4.79 Å². The molecule has 6 heteroatoms. The quantitative estimate of drug-likeness (QED) is 0.374. The molecule has 1 aromatic rings. The van der Waals surface area contributed by atoms with E-state index >= 15 is 0 Å². The monoisotopic (exact) mass is 250 g/mol. The summed E-state index contributed by atoms with van der Waals surface area (Å²) in [7, 11) is 0. The molecule has 0 spiro atoms. The maximum absolute atomic E-state index is 11.6. The van der Waals surface area contributed by atoms with Gasteiger partial charge in [-0.15, -0.1) is 0 Å². The number of hydrogen-bond acceptors (Lipinski definition) is 5. The van der Waals surface area contributed by atoms with Crippen molar-refractivity contribution < 1.29 is 14.5 Å². The number of hydrogen-bond donors (Lipinski definition) is 1. The molecular weight excluding hydrogens is 236 g/mol. The van der Waals surface area contributed by atoms with E-state index < -0.39 is 10.9 Å². The predicted molar refractivity (Wildman–Crippen MR) is 65.1 cm³/mol. The van der Waals surface area contributed by atoms with Crippen LogP contribution in [0.1, 0.15) is 29.6 Å². The van der Waals surface area contributed by atoms with E-state index in [9.17, 15) is 14.9 Å². The Kier molecular flexibility index (Phi) is 3.45. The van der Waals surface area contributed by atoms with Crippen molar-refractivity contribution in [1.82, 2.24) is 0 Å². The molecule has 1 saturated carbocycles. The highest BCUT2D eigenvalue weighted by molar-refractivity contribution is 5.91. The van der Waals surface area contributed by atoms with Crippen molar-refractivity contribution in [2.75, 3.05) is 12.3 Å². The average molecular weight is 250 g/mol. The number of carbonyl (C=O) groups excluding carboxylic acids is 1. The van der Waals surface area contributed by atoms with Crippen LogP contribution in [0.25, 0.3) is 0 Å². The first kappa shape index (κ1) is 12.3. The number of nitro groups is 1. The molecule has 0 atom stereocenters. The van der Waals surface area contributed by atoms with Crippen molar-refractivity contribution >= 4 is 17.3 Å². The number of rotatable bonds is 5. The highest BCUT2D eigenvalue weighted by Crippen LogP contribution is 2.32. The maximum atomic E-state index is 11.6. The zero-order chi connectivity index (χ0) is 13.1. The second-order valence-corrected chi connectivity index (χ2v) is 4.40. The molecule has 1 aromatic carbocycles. The maximum Gasteiger partial charge on any atom is 0.338 e. The predicted octanol–water partition coefficient (Wildman–Crippen LogP) is 2.13. The van der Waals surface area contributed by atoms with Gasteiger partial charge in [0.25, 0.3) is 5.69 Å². The number of nitrogens with two attached hydrogens (primary N) is 1. The van der Waals surface area contributed by atoms with E-state index in [1.807, 2.05) is 0 Å². The fourth-order valence-corrected chi connectivity index (χ4v) is 1.64. The normalized spacial score (nSPS) is 14.2. The summed E-state index contributed by atoms with van der Waals surface area (Å²) in [5.74, 6) is 0.136. The number of nitrogens with zero attached hydrogens (tertiary/aromatic N) is 1. The van der Waals surface area contributed by atoms with Gasteiger partial charge in [-0.3, -0.25) is 10.1 Å². The van der Waals surface area contributed by atoms with Crippen LogP contribution in [0.4, 0.5) is 11.4 Å². The van der Waals surface area contributed by atoms with Crippen LogP contribution in [-0.4, -0.2) is 17.5 Å². The van der Waals surface area contributed by atoms with Crippen LogP contribution >= 0.6 is 0 Å². The van der Waals surface area contributed by atoms with Gasteiger partial charge in [0.05, 0.1) is 17.1 Å². The van der Waals surface area contributed by atoms with Crippen LogP contribution < -0.4 is 5.73 Å². The Hall–Kier alpha value is -2.11. The molecule has 0 amide bonds. The third-order valence-electron chi connectivity index (χ3n) is 2.92. The molecule has 0 aromatic heterocycles. The molecular formula is C12H14N2O4. The molecule has 2 N–H and O–H groups in total. The molecule has 1 aliphatic carbocycles. The van der Waals surface area contributed by atoms with Gasteiger partial charge >= 0.3 is 5.97 Å². The molecule has 0 saturated heterocycles. The van der Waals surface area contributed by atoms with Gasteiger partial charge in [0, 0.05) is 6.07 Å². The lowest BCUT2D eigenvalue weighted by Gasteiger charge is -2.04. The number of carbonyl (C=O) groups is 1. The van der Waals surface area contributed by atoms with Gasteiger partial charge in [0.1, 0.15) is 5.69 Å². The minimum atomic E-state index is -0.615. The van der Waals surface area contributed by atoms with E-state index in [1.165, 1.54) is 25.0 Å². The topological polar surface area (TPSA) is 95.5 Å². The molecule has 0 bridgehead atoms. The fraction of sp³-hybridized carbons (Fsp3) is 0.417. The number of nitro benzene ring substituents is 1. The Morgan fingerprint density at radius 2 is 2.22 bits per heavy atom. The molecule has 6 nitrogen and oxygen atoms in total. The van der Waals surface area contributed by atoms with Crippen LogP contribution in [0.2, 0.25) is 0 Å². The molecule has 0 heterocycles. The Bertz CT molecular complexity index is 483. The van der Waals surface area contributed by atoms with Crippen LogP contribution in [0.3, 0.4) is 0 Å². The summed E-state index contributed by atoms with van der Waals surface area (Å²) in [5.41, 5.74) is 5.37. The fourth-order valence-electron chi connectivity index (χ4n) is 1.64. The summed E-state index contributed by atoms with van der Waals surface area (Å²) < 4.78 is 5.05. The molecule has 0 unspecified atom stereocenters. The summed E-state index contributed by atoms with van der Waals surface area (Å²) in [5, 5.41) is 10.7. The van der Waals surface area contributed by atoms with Gasteiger partial charge in [-0.1, -0.05) is 12.8 Å². The van der Waals surface area contributed by atoms with Crippen LogP contribution in [0.15, 0.2) is 18.2 Å². The van der Waals surface area contributed by atoms with Crippen molar-refractivity contribution in [3.8, 4) is 0 Å². The minimum absolute atomic E-state index is 0.0366. The first-order chi connectivity index (χ1) is 8.58. The summed E-state index contributed by atoms with van der Waals surface area (Å²) >= 11 is 0. The molecule has 0 radical (unpaired) electrons. The lowest BCUT2D eigenvalue weighted by atomic mass is 10.2. The molecule has 18 heavy (non-hydrogen) atoms. The Balaban J connectivity index is 2.00. The van der Waals surface area contributed by atoms with Gasteiger partial charge in [0.15, 0.2) is 0 Å². The van der Waals surface area contributed by atoms with Crippen molar-refractivity contribution in [3.63, 3.8) is 0 Å². The SMILES string of the molecule is Nc1ccc(C(=O)OCCC2CC2)cc1[N+](=O)[O-]. The zero-order valence-corrected chi connectivity index (χ0v) is 9.80. The van der Waals surface area contributed by atoms with Crippen molar-refractivity contribution in [3.05, 3.63) is 33.9 Å². The van der Waals surface area contributed by atoms with Crippen molar-refractivity contribution in [1.29, 1.82) is 0 Å². The number of anilines is 1. The number of ether oxygens (including phenoxy) is 1. The molecule has 2 rings (SSSR count). The van der Waals surface area contributed by atoms with E-state index in [2.05, 4.69) is 0 Å². The van der Waals surface area contributed by atoms with Crippen molar-refractivity contribution in [2.24, 2.45) is 5.92 Å². The summed E-state index contributed by atoms with van der Waals surface area (Å²) in [6.45, 7) is 0.363. The first-order valence-corrected chi connectivity index (χ1v) is 5.79. The number of esters is 1. The highest BCUT2D eigenvalue weighted by atomic mass is 16.6. The van der Waals surface area contributed by atoms with E-state index in [1.54, 1.807) is 0 Å². The lowest BCUT2D eigenvalue weighted by molar-refractivity contribution is -0.383. The number of benzene rings is 1. The standard InChI is InChI=1S/C12H14N2O4/c13-10-4-3-9(7-11(10)14(16)17)12(15)18-6-5-8-1-2-8/h3-4,7-8H,1-2,5-6,13H2. The van der Waals surface area contributed by atoms with Crippen LogP contribution in [-0.2, 0) is 4.74 Å². The minimum Gasteiger partial charge on any atom is -0.462 e. The second-order valence-electron chi connectivity index (χ2n) is 4.40. The second kappa shape index (κ2) is 5.03. The van der Waals surface area contributed by atoms with Gasteiger partial charge in [0.2, 0.25) is 0 Å². The van der Waals surface area contributed by atoms with Gasteiger partial charge in [-0.2, -0.15) is 0 Å². The van der Waals surface area contributed by atoms with Crippen LogP contribution in [0.5, 0.6) is 0 Å². The van der Waals surface area contributed by atoms with Crippen molar-refractivity contribution in [2.45, 2.75) is 19.3 Å². The summed E-state index contributed by atoms with van der Waals surface area (Å²) in [6.07, 6.45) is 3.26. The van der Waals surface area contributed by atoms with Crippen LogP contribution in [0, 0.1) is 16.0 Å². The van der Waals surface area contributed by atoms with E-state index in [0.717, 1.165) is 12.5 Å². The highest BCUT2D eigenvalue weighted by Gasteiger charge is 2.22. The third kappa shape index (κ3) is 2.97. The smallest absolute Gasteiger partial charge is 0.338 e.